The highest BCUT2D eigenvalue weighted by molar-refractivity contribution is 5.94. The Balaban J connectivity index is 1.64. The molecule has 0 spiro atoms. The second-order valence-electron chi connectivity index (χ2n) is 4.41. The predicted molar refractivity (Wildman–Crippen MR) is 70.8 cm³/mol. The molecule has 0 radical (unpaired) electrons. The highest BCUT2D eigenvalue weighted by Gasteiger charge is 2.22. The van der Waals surface area contributed by atoms with E-state index in [2.05, 4.69) is 10.6 Å². The Morgan fingerprint density at radius 3 is 2.58 bits per heavy atom. The number of rotatable bonds is 5. The van der Waals surface area contributed by atoms with Gasteiger partial charge in [-0.15, -0.1) is 0 Å². The van der Waals surface area contributed by atoms with Crippen molar-refractivity contribution >= 4 is 11.8 Å². The minimum Gasteiger partial charge on any atom is -0.368 e. The van der Waals surface area contributed by atoms with E-state index in [1.165, 1.54) is 0 Å². The van der Waals surface area contributed by atoms with Gasteiger partial charge >= 0.3 is 0 Å². The zero-order chi connectivity index (χ0) is 13.5. The third-order valence-electron chi connectivity index (χ3n) is 2.97. The maximum absolute atomic E-state index is 11.7. The molecule has 1 atom stereocenters. The van der Waals surface area contributed by atoms with Crippen LogP contribution in [-0.4, -0.2) is 37.6 Å². The molecule has 5 nitrogen and oxygen atoms in total. The van der Waals surface area contributed by atoms with Gasteiger partial charge in [0.25, 0.3) is 5.91 Å². The summed E-state index contributed by atoms with van der Waals surface area (Å²) in [5.74, 6) is -0.224. The van der Waals surface area contributed by atoms with Gasteiger partial charge in [0.1, 0.15) is 6.10 Å². The minimum absolute atomic E-state index is 0.0912. The molecule has 1 fully saturated rings. The van der Waals surface area contributed by atoms with E-state index in [1.807, 2.05) is 18.2 Å². The second kappa shape index (κ2) is 6.89. The fourth-order valence-corrected chi connectivity index (χ4v) is 1.95. The topological polar surface area (TPSA) is 67.4 Å². The molecule has 19 heavy (non-hydrogen) atoms. The van der Waals surface area contributed by atoms with Gasteiger partial charge < -0.3 is 15.4 Å². The summed E-state index contributed by atoms with van der Waals surface area (Å²) in [6.45, 7) is 1.48. The Hall–Kier alpha value is -1.88. The Bertz CT molecular complexity index is 428. The molecular weight excluding hydrogens is 244 g/mol. The summed E-state index contributed by atoms with van der Waals surface area (Å²) < 4.78 is 5.26. The Labute approximate surface area is 112 Å². The van der Waals surface area contributed by atoms with Gasteiger partial charge in [-0.25, -0.2) is 0 Å². The highest BCUT2D eigenvalue weighted by Crippen LogP contribution is 2.11. The predicted octanol–water partition coefficient (Wildman–Crippen LogP) is 0.712. The summed E-state index contributed by atoms with van der Waals surface area (Å²) in [6.07, 6.45) is 1.40. The molecule has 5 heteroatoms. The first-order valence-corrected chi connectivity index (χ1v) is 6.50. The molecule has 1 aromatic rings. The molecule has 0 bridgehead atoms. The van der Waals surface area contributed by atoms with Crippen molar-refractivity contribution in [1.82, 2.24) is 10.6 Å². The van der Waals surface area contributed by atoms with Crippen LogP contribution in [0.3, 0.4) is 0 Å². The molecule has 1 aliphatic rings. The third-order valence-corrected chi connectivity index (χ3v) is 2.97. The zero-order valence-corrected chi connectivity index (χ0v) is 10.7. The van der Waals surface area contributed by atoms with Gasteiger partial charge in [0.2, 0.25) is 5.91 Å². The van der Waals surface area contributed by atoms with Crippen LogP contribution in [-0.2, 0) is 9.53 Å². The molecule has 2 amide bonds. The lowest BCUT2D eigenvalue weighted by Crippen LogP contribution is -2.39. The number of ether oxygens (including phenoxy) is 1. The molecule has 1 saturated heterocycles. The summed E-state index contributed by atoms with van der Waals surface area (Å²) in [4.78, 5) is 23.3. The molecule has 1 aromatic carbocycles. The average Bonchev–Trinajstić information content (AvgIpc) is 2.98. The van der Waals surface area contributed by atoms with Gasteiger partial charge in [-0.3, -0.25) is 9.59 Å². The van der Waals surface area contributed by atoms with E-state index in [-0.39, 0.29) is 17.9 Å². The molecule has 0 saturated carbocycles. The zero-order valence-electron chi connectivity index (χ0n) is 10.7. The Morgan fingerprint density at radius 1 is 1.16 bits per heavy atom. The number of hydrogen-bond acceptors (Lipinski definition) is 3. The summed E-state index contributed by atoms with van der Waals surface area (Å²) in [5, 5.41) is 5.50. The normalized spacial score (nSPS) is 18.0. The minimum atomic E-state index is -0.315. The number of benzene rings is 1. The molecule has 1 unspecified atom stereocenters. The lowest BCUT2D eigenvalue weighted by atomic mass is 10.2. The van der Waals surface area contributed by atoms with Gasteiger partial charge in [0.15, 0.2) is 0 Å². The third kappa shape index (κ3) is 4.06. The maximum Gasteiger partial charge on any atom is 0.251 e. The summed E-state index contributed by atoms with van der Waals surface area (Å²) in [5.41, 5.74) is 0.618. The average molecular weight is 262 g/mol. The van der Waals surface area contributed by atoms with Crippen molar-refractivity contribution in [2.75, 3.05) is 19.7 Å². The van der Waals surface area contributed by atoms with E-state index in [0.717, 1.165) is 12.8 Å². The van der Waals surface area contributed by atoms with Gasteiger partial charge in [-0.2, -0.15) is 0 Å². The van der Waals surface area contributed by atoms with E-state index in [9.17, 15) is 9.59 Å². The van der Waals surface area contributed by atoms with Crippen molar-refractivity contribution in [2.45, 2.75) is 18.9 Å². The molecule has 102 valence electrons. The lowest BCUT2D eigenvalue weighted by molar-refractivity contribution is -0.129. The number of amides is 2. The monoisotopic (exact) mass is 262 g/mol. The summed E-state index contributed by atoms with van der Waals surface area (Å²) in [6, 6.07) is 8.99. The van der Waals surface area contributed by atoms with Crippen LogP contribution in [0.5, 0.6) is 0 Å². The Morgan fingerprint density at radius 2 is 1.89 bits per heavy atom. The number of carbonyl (C=O) groups is 2. The van der Waals surface area contributed by atoms with Crippen LogP contribution in [0.25, 0.3) is 0 Å². The lowest BCUT2D eigenvalue weighted by Gasteiger charge is -2.10. The second-order valence-corrected chi connectivity index (χ2v) is 4.41. The molecule has 1 heterocycles. The van der Waals surface area contributed by atoms with Crippen LogP contribution in [0.2, 0.25) is 0 Å². The fraction of sp³-hybridized carbons (Fsp3) is 0.429. The van der Waals surface area contributed by atoms with Crippen LogP contribution in [0, 0.1) is 0 Å². The van der Waals surface area contributed by atoms with E-state index in [0.29, 0.717) is 25.3 Å². The summed E-state index contributed by atoms with van der Waals surface area (Å²) in [7, 11) is 0. The van der Waals surface area contributed by atoms with Crippen LogP contribution >= 0.6 is 0 Å². The van der Waals surface area contributed by atoms with Gasteiger partial charge in [-0.1, -0.05) is 18.2 Å². The van der Waals surface area contributed by atoms with Gasteiger partial charge in [0.05, 0.1) is 0 Å². The number of hydrogen-bond donors (Lipinski definition) is 2. The Kier molecular flexibility index (Phi) is 4.92. The first-order valence-electron chi connectivity index (χ1n) is 6.50. The van der Waals surface area contributed by atoms with E-state index >= 15 is 0 Å². The molecule has 2 rings (SSSR count). The van der Waals surface area contributed by atoms with Crippen LogP contribution in [0.4, 0.5) is 0 Å². The smallest absolute Gasteiger partial charge is 0.251 e. The van der Waals surface area contributed by atoms with Crippen LogP contribution in [0.1, 0.15) is 23.2 Å². The van der Waals surface area contributed by atoms with Crippen LogP contribution < -0.4 is 10.6 Å². The van der Waals surface area contributed by atoms with E-state index in [4.69, 9.17) is 4.74 Å². The van der Waals surface area contributed by atoms with Crippen molar-refractivity contribution < 1.29 is 14.3 Å². The molecule has 2 N–H and O–H groups in total. The standard InChI is InChI=1S/C14H18N2O3/c17-13(11-5-2-1-3-6-11)15-8-9-16-14(18)12-7-4-10-19-12/h1-3,5-6,12H,4,7-10H2,(H,15,17)(H,16,18). The first kappa shape index (κ1) is 13.5. The first-order chi connectivity index (χ1) is 9.27. The highest BCUT2D eigenvalue weighted by atomic mass is 16.5. The largest absolute Gasteiger partial charge is 0.368 e. The van der Waals surface area contributed by atoms with E-state index in [1.54, 1.807) is 12.1 Å². The number of nitrogens with one attached hydrogen (secondary N) is 2. The van der Waals surface area contributed by atoms with Crippen molar-refractivity contribution in [3.05, 3.63) is 35.9 Å². The van der Waals surface area contributed by atoms with Crippen molar-refractivity contribution in [3.63, 3.8) is 0 Å². The quantitative estimate of drug-likeness (QED) is 0.768. The molecule has 1 aliphatic heterocycles. The number of carbonyl (C=O) groups excluding carboxylic acids is 2. The van der Waals surface area contributed by atoms with Crippen molar-refractivity contribution in [1.29, 1.82) is 0 Å². The molecule has 0 aromatic heterocycles. The fourth-order valence-electron chi connectivity index (χ4n) is 1.95. The van der Waals surface area contributed by atoms with Gasteiger partial charge in [0, 0.05) is 25.3 Å². The SMILES string of the molecule is O=C(NCCNC(=O)C1CCCO1)c1ccccc1. The molecular formula is C14H18N2O3. The molecule has 0 aliphatic carbocycles. The van der Waals surface area contributed by atoms with Crippen molar-refractivity contribution in [3.8, 4) is 0 Å². The van der Waals surface area contributed by atoms with Gasteiger partial charge in [-0.05, 0) is 25.0 Å². The maximum atomic E-state index is 11.7. The summed E-state index contributed by atoms with van der Waals surface area (Å²) >= 11 is 0. The van der Waals surface area contributed by atoms with Crippen molar-refractivity contribution in [2.24, 2.45) is 0 Å². The van der Waals surface area contributed by atoms with Crippen LogP contribution in [0.15, 0.2) is 30.3 Å². The van der Waals surface area contributed by atoms with E-state index < -0.39 is 0 Å².